The van der Waals surface area contributed by atoms with Crippen LogP contribution in [0.3, 0.4) is 0 Å². The van der Waals surface area contributed by atoms with Crippen molar-refractivity contribution in [2.75, 3.05) is 7.11 Å². The van der Waals surface area contributed by atoms with Crippen molar-refractivity contribution in [3.8, 4) is 0 Å². The van der Waals surface area contributed by atoms with E-state index >= 15 is 0 Å². The second-order valence-corrected chi connectivity index (χ2v) is 15.9. The van der Waals surface area contributed by atoms with Gasteiger partial charge >= 0.3 is 0 Å². The van der Waals surface area contributed by atoms with Gasteiger partial charge in [0.2, 0.25) is 0 Å². The van der Waals surface area contributed by atoms with Gasteiger partial charge in [0, 0.05) is 23.9 Å². The van der Waals surface area contributed by atoms with E-state index in [4.69, 9.17) is 9.26 Å². The van der Waals surface area contributed by atoms with Crippen molar-refractivity contribution in [1.82, 2.24) is 0 Å². The monoisotopic (exact) mass is 405 g/mol. The third-order valence-corrected chi connectivity index (χ3v) is 9.81. The standard InChI is InChI=1S/C23H39NO3Si/c1-22-12-11-16(27-28(4,5)6)13-15(22)7-8-17-18-9-10-20(24-26-3)23(18,2)14-19(25)21(17)22/h15-18,21H,7-14H2,1-6H3/b24-20-/t15-,16+,17-,18-,21+,22-,23-/m0/s1. The highest BCUT2D eigenvalue weighted by atomic mass is 28.4. The number of oxime groups is 1. The number of carbonyl (C=O) groups excluding carboxylic acids is 1. The van der Waals surface area contributed by atoms with Crippen LogP contribution in [0.5, 0.6) is 0 Å². The molecule has 4 rings (SSSR count). The number of hydrogen-bond acceptors (Lipinski definition) is 4. The molecule has 0 amide bonds. The Morgan fingerprint density at radius 3 is 2.54 bits per heavy atom. The number of ketones is 1. The van der Waals surface area contributed by atoms with E-state index in [1.54, 1.807) is 7.11 Å². The first-order valence-corrected chi connectivity index (χ1v) is 14.8. The van der Waals surface area contributed by atoms with Gasteiger partial charge in [-0.2, -0.15) is 0 Å². The Morgan fingerprint density at radius 2 is 1.86 bits per heavy atom. The lowest BCUT2D eigenvalue weighted by molar-refractivity contribution is -0.155. The van der Waals surface area contributed by atoms with E-state index in [1.807, 2.05) is 0 Å². The Balaban J connectivity index is 1.58. The fourth-order valence-electron chi connectivity index (χ4n) is 7.70. The molecule has 4 fully saturated rings. The van der Waals surface area contributed by atoms with Crippen LogP contribution >= 0.6 is 0 Å². The fourth-order valence-corrected chi connectivity index (χ4v) is 8.91. The van der Waals surface area contributed by atoms with Crippen LogP contribution in [0.15, 0.2) is 5.16 Å². The SMILES string of the molecule is CO/N=C1/CC[C@H]2[C@@H]3CC[C@H]4C[C@H](O[Si](C)(C)C)CC[C@]4(C)[C@H]3C(=O)C[C@]12C. The van der Waals surface area contributed by atoms with Gasteiger partial charge in [0.25, 0.3) is 0 Å². The molecule has 0 aromatic carbocycles. The molecule has 0 saturated heterocycles. The summed E-state index contributed by atoms with van der Waals surface area (Å²) in [5.74, 6) is 2.53. The normalized spacial score (nSPS) is 47.4. The number of Topliss-reactive ketones (excluding diaryl/α,β-unsaturated/α-hetero) is 1. The van der Waals surface area contributed by atoms with Crippen molar-refractivity contribution in [2.24, 2.45) is 39.7 Å². The molecule has 4 nitrogen and oxygen atoms in total. The lowest BCUT2D eigenvalue weighted by Gasteiger charge is -2.59. The minimum absolute atomic E-state index is 0.0738. The summed E-state index contributed by atoms with van der Waals surface area (Å²) in [5.41, 5.74) is 1.23. The van der Waals surface area contributed by atoms with Crippen molar-refractivity contribution < 1.29 is 14.1 Å². The van der Waals surface area contributed by atoms with Gasteiger partial charge in [0.15, 0.2) is 8.32 Å². The van der Waals surface area contributed by atoms with Gasteiger partial charge in [-0.15, -0.1) is 0 Å². The molecule has 4 saturated carbocycles. The van der Waals surface area contributed by atoms with Crippen LogP contribution in [0.4, 0.5) is 0 Å². The van der Waals surface area contributed by atoms with Gasteiger partial charge in [-0.1, -0.05) is 19.0 Å². The molecule has 0 unspecified atom stereocenters. The summed E-state index contributed by atoms with van der Waals surface area (Å²) in [4.78, 5) is 18.7. The molecule has 158 valence electrons. The summed E-state index contributed by atoms with van der Waals surface area (Å²) in [6.45, 7) is 11.6. The van der Waals surface area contributed by atoms with Gasteiger partial charge < -0.3 is 9.26 Å². The first-order valence-electron chi connectivity index (χ1n) is 11.4. The molecule has 0 heterocycles. The van der Waals surface area contributed by atoms with Gasteiger partial charge in [-0.05, 0) is 87.8 Å². The highest BCUT2D eigenvalue weighted by molar-refractivity contribution is 6.69. The van der Waals surface area contributed by atoms with E-state index in [2.05, 4.69) is 38.6 Å². The van der Waals surface area contributed by atoms with Gasteiger partial charge in [0.1, 0.15) is 12.9 Å². The van der Waals surface area contributed by atoms with Crippen LogP contribution < -0.4 is 0 Å². The smallest absolute Gasteiger partial charge is 0.184 e. The Hall–Kier alpha value is -0.683. The third kappa shape index (κ3) is 3.21. The molecule has 7 atom stereocenters. The summed E-state index contributed by atoms with van der Waals surface area (Å²) in [6, 6.07) is 0. The molecule has 5 heteroatoms. The summed E-state index contributed by atoms with van der Waals surface area (Å²) in [5, 5.41) is 4.35. The molecule has 0 spiro atoms. The van der Waals surface area contributed by atoms with Crippen LogP contribution in [-0.2, 0) is 14.1 Å². The molecule has 0 radical (unpaired) electrons. The maximum absolute atomic E-state index is 13.6. The van der Waals surface area contributed by atoms with E-state index in [1.165, 1.54) is 19.3 Å². The first kappa shape index (κ1) is 20.6. The molecule has 28 heavy (non-hydrogen) atoms. The molecule has 0 aromatic heterocycles. The molecular formula is C23H39NO3Si. The lowest BCUT2D eigenvalue weighted by atomic mass is 9.45. The molecule has 4 aliphatic carbocycles. The van der Waals surface area contributed by atoms with E-state index in [0.717, 1.165) is 31.4 Å². The van der Waals surface area contributed by atoms with E-state index in [0.29, 0.717) is 36.1 Å². The van der Waals surface area contributed by atoms with Crippen LogP contribution in [0.2, 0.25) is 19.6 Å². The maximum Gasteiger partial charge on any atom is 0.184 e. The molecule has 0 aliphatic heterocycles. The largest absolute Gasteiger partial charge is 0.415 e. The molecular weight excluding hydrogens is 366 g/mol. The van der Waals surface area contributed by atoms with Crippen LogP contribution in [0.25, 0.3) is 0 Å². The topological polar surface area (TPSA) is 47.9 Å². The first-order chi connectivity index (χ1) is 13.1. The fraction of sp³-hybridized carbons (Fsp3) is 0.913. The molecule has 0 bridgehead atoms. The maximum atomic E-state index is 13.6. The molecule has 4 aliphatic rings. The quantitative estimate of drug-likeness (QED) is 0.464. The van der Waals surface area contributed by atoms with Crippen molar-refractivity contribution in [3.05, 3.63) is 0 Å². The highest BCUT2D eigenvalue weighted by Gasteiger charge is 2.63. The molecule has 0 aromatic rings. The van der Waals surface area contributed by atoms with Crippen molar-refractivity contribution >= 4 is 19.8 Å². The number of fused-ring (bicyclic) bond motifs is 5. The van der Waals surface area contributed by atoms with Crippen LogP contribution in [-0.4, -0.2) is 33.0 Å². The van der Waals surface area contributed by atoms with Crippen molar-refractivity contribution in [2.45, 2.75) is 91.0 Å². The zero-order valence-electron chi connectivity index (χ0n) is 18.7. The van der Waals surface area contributed by atoms with E-state index in [9.17, 15) is 4.79 Å². The number of carbonyl (C=O) groups is 1. The summed E-state index contributed by atoms with van der Waals surface area (Å²) in [6.07, 6.45) is 9.17. The zero-order valence-corrected chi connectivity index (χ0v) is 19.7. The highest BCUT2D eigenvalue weighted by Crippen LogP contribution is 2.64. The Morgan fingerprint density at radius 1 is 1.11 bits per heavy atom. The van der Waals surface area contributed by atoms with E-state index < -0.39 is 8.32 Å². The van der Waals surface area contributed by atoms with Gasteiger partial charge in [-0.3, -0.25) is 4.79 Å². The molecule has 0 N–H and O–H groups in total. The predicted octanol–water partition coefficient (Wildman–Crippen LogP) is 5.43. The Kier molecular flexibility index (Phi) is 5.10. The number of nitrogens with zero attached hydrogens (tertiary/aromatic N) is 1. The third-order valence-electron chi connectivity index (χ3n) is 8.77. The second kappa shape index (κ2) is 6.94. The zero-order chi connectivity index (χ0) is 20.3. The summed E-state index contributed by atoms with van der Waals surface area (Å²) < 4.78 is 6.49. The second-order valence-electron chi connectivity index (χ2n) is 11.5. The van der Waals surface area contributed by atoms with Crippen molar-refractivity contribution in [3.63, 3.8) is 0 Å². The average molecular weight is 406 g/mol. The lowest BCUT2D eigenvalue weighted by Crippen LogP contribution is -2.58. The van der Waals surface area contributed by atoms with Gasteiger partial charge in [0.05, 0.1) is 5.71 Å². The predicted molar refractivity (Wildman–Crippen MR) is 115 cm³/mol. The number of rotatable bonds is 3. The van der Waals surface area contributed by atoms with Gasteiger partial charge in [-0.25, -0.2) is 0 Å². The van der Waals surface area contributed by atoms with Crippen molar-refractivity contribution in [1.29, 1.82) is 0 Å². The summed E-state index contributed by atoms with van der Waals surface area (Å²) in [7, 11) is 0.121. The Labute approximate surface area is 171 Å². The average Bonchev–Trinajstić information content (AvgIpc) is 2.90. The van der Waals surface area contributed by atoms with Crippen LogP contribution in [0, 0.1) is 34.5 Å². The Bertz CT molecular complexity index is 671. The van der Waals surface area contributed by atoms with E-state index in [-0.39, 0.29) is 16.7 Å². The van der Waals surface area contributed by atoms with Crippen LogP contribution in [0.1, 0.15) is 65.2 Å². The summed E-state index contributed by atoms with van der Waals surface area (Å²) >= 11 is 0. The minimum atomic E-state index is -1.51. The minimum Gasteiger partial charge on any atom is -0.415 e. The number of hydrogen-bond donors (Lipinski definition) is 0.